The van der Waals surface area contributed by atoms with Crippen LogP contribution in [0.4, 0.5) is 5.69 Å². The molecule has 18 heavy (non-hydrogen) atoms. The fraction of sp³-hybridized carbons (Fsp3) is 0.133. The van der Waals surface area contributed by atoms with Gasteiger partial charge in [-0.2, -0.15) is 0 Å². The zero-order valence-corrected chi connectivity index (χ0v) is 11.3. The third kappa shape index (κ3) is 1.31. The Morgan fingerprint density at radius 3 is 2.72 bits per heavy atom. The van der Waals surface area contributed by atoms with Crippen LogP contribution in [0.1, 0.15) is 5.56 Å². The van der Waals surface area contributed by atoms with E-state index in [1.54, 1.807) is 0 Å². The number of hydrogen-bond donors (Lipinski definition) is 0. The van der Waals surface area contributed by atoms with Gasteiger partial charge in [0.15, 0.2) is 0 Å². The number of fused-ring (bicyclic) bond motifs is 6. The quantitative estimate of drug-likeness (QED) is 0.724. The number of rotatable bonds is 0. The van der Waals surface area contributed by atoms with E-state index >= 15 is 0 Å². The van der Waals surface area contributed by atoms with E-state index < -0.39 is 0 Å². The molecule has 2 heterocycles. The van der Waals surface area contributed by atoms with E-state index in [1.165, 1.54) is 22.4 Å². The molecule has 0 N–H and O–H groups in total. The zero-order valence-electron chi connectivity index (χ0n) is 9.73. The summed E-state index contributed by atoms with van der Waals surface area (Å²) in [5.74, 6) is 1.13. The van der Waals surface area contributed by atoms with Crippen LogP contribution < -0.4 is 4.90 Å². The van der Waals surface area contributed by atoms with Crippen LogP contribution in [-0.2, 0) is 0 Å². The lowest BCUT2D eigenvalue weighted by Crippen LogP contribution is -2.31. The van der Waals surface area contributed by atoms with E-state index in [0.717, 1.165) is 23.4 Å². The summed E-state index contributed by atoms with van der Waals surface area (Å²) in [5, 5.41) is 0. The highest BCUT2D eigenvalue weighted by Gasteiger charge is 2.29. The number of benzene rings is 2. The minimum absolute atomic E-state index is 0.888. The first kappa shape index (κ1) is 10.3. The lowest BCUT2D eigenvalue weighted by Gasteiger charge is -2.30. The van der Waals surface area contributed by atoms with Crippen LogP contribution >= 0.6 is 15.9 Å². The van der Waals surface area contributed by atoms with Gasteiger partial charge < -0.3 is 4.90 Å². The van der Waals surface area contributed by atoms with E-state index in [0.29, 0.717) is 0 Å². The van der Waals surface area contributed by atoms with Gasteiger partial charge in [0.1, 0.15) is 5.84 Å². The molecule has 2 nitrogen and oxygen atoms in total. The summed E-state index contributed by atoms with van der Waals surface area (Å²) in [6, 6.07) is 15.0. The Labute approximate surface area is 114 Å². The van der Waals surface area contributed by atoms with Crippen LogP contribution in [-0.4, -0.2) is 18.9 Å². The normalized spacial score (nSPS) is 15.8. The second kappa shape index (κ2) is 3.69. The Balaban J connectivity index is 2.09. The molecule has 0 unspecified atom stereocenters. The molecule has 0 saturated heterocycles. The molecule has 0 aromatic heterocycles. The Morgan fingerprint density at radius 2 is 1.83 bits per heavy atom. The van der Waals surface area contributed by atoms with Gasteiger partial charge in [0.2, 0.25) is 0 Å². The van der Waals surface area contributed by atoms with Crippen molar-refractivity contribution in [1.82, 2.24) is 0 Å². The number of halogens is 1. The van der Waals surface area contributed by atoms with Crippen molar-refractivity contribution < 1.29 is 0 Å². The Hall–Kier alpha value is -1.61. The molecule has 0 aliphatic carbocycles. The lowest BCUT2D eigenvalue weighted by atomic mass is 9.93. The summed E-state index contributed by atoms with van der Waals surface area (Å²) in [6.45, 7) is 1.87. The Bertz CT molecular complexity index is 676. The molecule has 0 amide bonds. The molecule has 2 aliphatic rings. The monoisotopic (exact) mass is 298 g/mol. The second-order valence-electron chi connectivity index (χ2n) is 4.56. The third-order valence-corrected chi connectivity index (χ3v) is 4.04. The van der Waals surface area contributed by atoms with Crippen LogP contribution in [0, 0.1) is 0 Å². The molecular formula is C15H11BrN2. The maximum absolute atomic E-state index is 4.65. The molecule has 0 spiro atoms. The molecule has 0 bridgehead atoms. The summed E-state index contributed by atoms with van der Waals surface area (Å²) in [5.41, 5.74) is 5.10. The SMILES string of the molecule is Brc1ccc2c(c1)-c1ccccc1C1=NCCN12. The standard InChI is InChI=1S/C15H11BrN2/c16-10-5-6-14-13(9-10)11-3-1-2-4-12(11)15-17-7-8-18(14)15/h1-6,9H,7-8H2. The predicted molar refractivity (Wildman–Crippen MR) is 78.3 cm³/mol. The zero-order chi connectivity index (χ0) is 12.1. The van der Waals surface area contributed by atoms with Crippen LogP contribution in [0.15, 0.2) is 51.9 Å². The van der Waals surface area contributed by atoms with Crippen molar-refractivity contribution in [2.24, 2.45) is 4.99 Å². The van der Waals surface area contributed by atoms with Crippen molar-refractivity contribution in [3.05, 3.63) is 52.5 Å². The van der Waals surface area contributed by atoms with E-state index in [4.69, 9.17) is 0 Å². The highest BCUT2D eigenvalue weighted by Crippen LogP contribution is 2.41. The van der Waals surface area contributed by atoms with E-state index in [-0.39, 0.29) is 0 Å². The predicted octanol–water partition coefficient (Wildman–Crippen LogP) is 3.70. The average molecular weight is 299 g/mol. The maximum Gasteiger partial charge on any atom is 0.136 e. The van der Waals surface area contributed by atoms with Crippen molar-refractivity contribution in [1.29, 1.82) is 0 Å². The molecular weight excluding hydrogens is 288 g/mol. The summed E-state index contributed by atoms with van der Waals surface area (Å²) in [6.07, 6.45) is 0. The van der Waals surface area contributed by atoms with Gasteiger partial charge in [-0.05, 0) is 23.8 Å². The first-order chi connectivity index (χ1) is 8.84. The minimum atomic E-state index is 0.888. The van der Waals surface area contributed by atoms with Gasteiger partial charge in [-0.3, -0.25) is 4.99 Å². The smallest absolute Gasteiger partial charge is 0.136 e. The van der Waals surface area contributed by atoms with E-state index in [2.05, 4.69) is 68.3 Å². The molecule has 88 valence electrons. The molecule has 3 heteroatoms. The highest BCUT2D eigenvalue weighted by molar-refractivity contribution is 9.10. The van der Waals surface area contributed by atoms with E-state index in [1.807, 2.05) is 0 Å². The lowest BCUT2D eigenvalue weighted by molar-refractivity contribution is 1.02. The van der Waals surface area contributed by atoms with Crippen molar-refractivity contribution >= 4 is 27.5 Å². The molecule has 0 saturated carbocycles. The Kier molecular flexibility index (Phi) is 2.12. The fourth-order valence-corrected chi connectivity index (χ4v) is 3.15. The highest BCUT2D eigenvalue weighted by atomic mass is 79.9. The van der Waals surface area contributed by atoms with Gasteiger partial charge in [-0.15, -0.1) is 0 Å². The second-order valence-corrected chi connectivity index (χ2v) is 5.48. The summed E-state index contributed by atoms with van der Waals surface area (Å²) in [4.78, 5) is 6.97. The van der Waals surface area contributed by atoms with Gasteiger partial charge in [-0.25, -0.2) is 0 Å². The number of anilines is 1. The average Bonchev–Trinajstić information content (AvgIpc) is 2.88. The van der Waals surface area contributed by atoms with Crippen molar-refractivity contribution in [3.63, 3.8) is 0 Å². The van der Waals surface area contributed by atoms with Gasteiger partial charge in [0, 0.05) is 22.1 Å². The first-order valence-corrected chi connectivity index (χ1v) is 6.85. The molecule has 0 atom stereocenters. The van der Waals surface area contributed by atoms with Crippen LogP contribution in [0.2, 0.25) is 0 Å². The van der Waals surface area contributed by atoms with Gasteiger partial charge in [0.25, 0.3) is 0 Å². The molecule has 2 aromatic carbocycles. The third-order valence-electron chi connectivity index (χ3n) is 3.55. The first-order valence-electron chi connectivity index (χ1n) is 6.06. The molecule has 0 fully saturated rings. The molecule has 2 aromatic rings. The summed E-state index contributed by atoms with van der Waals surface area (Å²) < 4.78 is 1.12. The van der Waals surface area contributed by atoms with Crippen LogP contribution in [0.3, 0.4) is 0 Å². The van der Waals surface area contributed by atoms with Gasteiger partial charge in [0.05, 0.1) is 12.2 Å². The van der Waals surface area contributed by atoms with Gasteiger partial charge in [-0.1, -0.05) is 40.2 Å². The van der Waals surface area contributed by atoms with Gasteiger partial charge >= 0.3 is 0 Å². The number of nitrogens with zero attached hydrogens (tertiary/aromatic N) is 2. The minimum Gasteiger partial charge on any atom is -0.324 e. The summed E-state index contributed by atoms with van der Waals surface area (Å²) >= 11 is 3.57. The van der Waals surface area contributed by atoms with Crippen molar-refractivity contribution in [3.8, 4) is 11.1 Å². The molecule has 2 aliphatic heterocycles. The topological polar surface area (TPSA) is 15.6 Å². The number of aliphatic imine (C=N–C) groups is 1. The largest absolute Gasteiger partial charge is 0.324 e. The van der Waals surface area contributed by atoms with Crippen molar-refractivity contribution in [2.75, 3.05) is 18.0 Å². The number of amidine groups is 1. The maximum atomic E-state index is 4.65. The molecule has 4 rings (SSSR count). The molecule has 0 radical (unpaired) electrons. The number of hydrogen-bond acceptors (Lipinski definition) is 2. The van der Waals surface area contributed by atoms with Crippen molar-refractivity contribution in [2.45, 2.75) is 0 Å². The Morgan fingerprint density at radius 1 is 1.00 bits per heavy atom. The summed E-state index contributed by atoms with van der Waals surface area (Å²) in [7, 11) is 0. The van der Waals surface area contributed by atoms with E-state index in [9.17, 15) is 0 Å². The van der Waals surface area contributed by atoms with Crippen LogP contribution in [0.5, 0.6) is 0 Å². The fourth-order valence-electron chi connectivity index (χ4n) is 2.78. The van der Waals surface area contributed by atoms with Crippen LogP contribution in [0.25, 0.3) is 11.1 Å².